The molecule has 1 aromatic heterocycles. The number of ether oxygens (including phenoxy) is 1. The molecular formula is C18H20N2O3. The quantitative estimate of drug-likeness (QED) is 0.888. The molecule has 0 unspecified atom stereocenters. The molecule has 0 spiro atoms. The summed E-state index contributed by atoms with van der Waals surface area (Å²) in [5, 5.41) is 8.84. The van der Waals surface area contributed by atoms with Crippen LogP contribution in [0.15, 0.2) is 42.6 Å². The Balaban J connectivity index is 1.87. The van der Waals surface area contributed by atoms with Gasteiger partial charge in [0.1, 0.15) is 5.75 Å². The molecule has 1 aliphatic heterocycles. The lowest BCUT2D eigenvalue weighted by molar-refractivity contribution is -0.139. The first-order chi connectivity index (χ1) is 11.2. The third-order valence-corrected chi connectivity index (χ3v) is 3.96. The maximum Gasteiger partial charge on any atom is 0.341 e. The second kappa shape index (κ2) is 7.24. The number of hydrogen-bond donors (Lipinski definition) is 1. The standard InChI is InChI=1S/C18H20N2O3/c21-18(22)13-23-17-7-6-14(16-5-1-2-8-19-16)11-15(17)12-20-9-3-4-10-20/h1-2,5-8,11H,3-4,9-10,12-13H2,(H,21,22). The van der Waals surface area contributed by atoms with Crippen LogP contribution in [-0.2, 0) is 11.3 Å². The van der Waals surface area contributed by atoms with Crippen molar-refractivity contribution in [2.24, 2.45) is 0 Å². The van der Waals surface area contributed by atoms with Crippen molar-refractivity contribution in [2.45, 2.75) is 19.4 Å². The Morgan fingerprint density at radius 2 is 2.04 bits per heavy atom. The van der Waals surface area contributed by atoms with E-state index < -0.39 is 5.97 Å². The van der Waals surface area contributed by atoms with Crippen LogP contribution in [0.25, 0.3) is 11.3 Å². The van der Waals surface area contributed by atoms with Crippen molar-refractivity contribution < 1.29 is 14.6 Å². The average Bonchev–Trinajstić information content (AvgIpc) is 3.07. The molecule has 2 heterocycles. The van der Waals surface area contributed by atoms with Gasteiger partial charge in [0.2, 0.25) is 0 Å². The lowest BCUT2D eigenvalue weighted by Crippen LogP contribution is -2.19. The van der Waals surface area contributed by atoms with Gasteiger partial charge in [0.25, 0.3) is 0 Å². The Morgan fingerprint density at radius 1 is 1.22 bits per heavy atom. The lowest BCUT2D eigenvalue weighted by Gasteiger charge is -2.18. The largest absolute Gasteiger partial charge is 0.482 e. The van der Waals surface area contributed by atoms with Gasteiger partial charge in [-0.2, -0.15) is 0 Å². The minimum atomic E-state index is -0.967. The first-order valence-corrected chi connectivity index (χ1v) is 7.83. The molecule has 1 N–H and O–H groups in total. The van der Waals surface area contributed by atoms with Crippen molar-refractivity contribution in [3.63, 3.8) is 0 Å². The molecule has 120 valence electrons. The highest BCUT2D eigenvalue weighted by molar-refractivity contribution is 5.69. The molecule has 0 amide bonds. The molecule has 5 heteroatoms. The number of nitrogens with zero attached hydrogens (tertiary/aromatic N) is 2. The van der Waals surface area contributed by atoms with Crippen LogP contribution < -0.4 is 4.74 Å². The van der Waals surface area contributed by atoms with E-state index in [1.807, 2.05) is 30.3 Å². The second-order valence-corrected chi connectivity index (χ2v) is 5.70. The maximum atomic E-state index is 10.8. The number of rotatable bonds is 6. The van der Waals surface area contributed by atoms with Crippen LogP contribution in [0.4, 0.5) is 0 Å². The predicted molar refractivity (Wildman–Crippen MR) is 87.3 cm³/mol. The van der Waals surface area contributed by atoms with E-state index in [-0.39, 0.29) is 6.61 Å². The highest BCUT2D eigenvalue weighted by atomic mass is 16.5. The Hall–Kier alpha value is -2.40. The van der Waals surface area contributed by atoms with Gasteiger partial charge >= 0.3 is 5.97 Å². The van der Waals surface area contributed by atoms with Crippen molar-refractivity contribution in [3.8, 4) is 17.0 Å². The monoisotopic (exact) mass is 312 g/mol. The molecule has 0 atom stereocenters. The van der Waals surface area contributed by atoms with E-state index in [0.29, 0.717) is 5.75 Å². The van der Waals surface area contributed by atoms with Gasteiger partial charge in [-0.1, -0.05) is 6.07 Å². The van der Waals surface area contributed by atoms with Crippen LogP contribution >= 0.6 is 0 Å². The van der Waals surface area contributed by atoms with E-state index in [1.54, 1.807) is 6.20 Å². The topological polar surface area (TPSA) is 62.7 Å². The Labute approximate surface area is 135 Å². The number of pyridine rings is 1. The zero-order valence-electron chi connectivity index (χ0n) is 12.9. The zero-order valence-corrected chi connectivity index (χ0v) is 12.9. The summed E-state index contributed by atoms with van der Waals surface area (Å²) >= 11 is 0. The van der Waals surface area contributed by atoms with E-state index >= 15 is 0 Å². The molecule has 1 aromatic carbocycles. The number of likely N-dealkylation sites (tertiary alicyclic amines) is 1. The van der Waals surface area contributed by atoms with Gasteiger partial charge in [0.15, 0.2) is 6.61 Å². The summed E-state index contributed by atoms with van der Waals surface area (Å²) in [5.41, 5.74) is 2.93. The molecule has 0 bridgehead atoms. The fourth-order valence-electron chi connectivity index (χ4n) is 2.86. The number of hydrogen-bond acceptors (Lipinski definition) is 4. The summed E-state index contributed by atoms with van der Waals surface area (Å²) in [6.45, 7) is 2.60. The summed E-state index contributed by atoms with van der Waals surface area (Å²) in [6.07, 6.45) is 4.20. The van der Waals surface area contributed by atoms with Crippen molar-refractivity contribution in [1.82, 2.24) is 9.88 Å². The summed E-state index contributed by atoms with van der Waals surface area (Å²) < 4.78 is 5.45. The Bertz CT molecular complexity index is 667. The van der Waals surface area contributed by atoms with E-state index in [0.717, 1.165) is 36.5 Å². The number of aliphatic carboxylic acids is 1. The molecule has 1 fully saturated rings. The molecule has 23 heavy (non-hydrogen) atoms. The SMILES string of the molecule is O=C(O)COc1ccc(-c2ccccn2)cc1CN1CCCC1. The van der Waals surface area contributed by atoms with Gasteiger partial charge in [0, 0.05) is 23.9 Å². The summed E-state index contributed by atoms with van der Waals surface area (Å²) in [6, 6.07) is 11.6. The molecule has 0 radical (unpaired) electrons. The minimum absolute atomic E-state index is 0.323. The third kappa shape index (κ3) is 4.07. The summed E-state index contributed by atoms with van der Waals surface area (Å²) in [5.74, 6) is -0.329. The number of benzene rings is 1. The van der Waals surface area contributed by atoms with Crippen LogP contribution in [0.5, 0.6) is 5.75 Å². The van der Waals surface area contributed by atoms with Crippen molar-refractivity contribution in [3.05, 3.63) is 48.2 Å². The van der Waals surface area contributed by atoms with Gasteiger partial charge in [0.05, 0.1) is 5.69 Å². The molecule has 1 saturated heterocycles. The Morgan fingerprint density at radius 3 is 2.74 bits per heavy atom. The Kier molecular flexibility index (Phi) is 4.88. The molecule has 1 aliphatic rings. The number of carboxylic acid groups (broad SMARTS) is 1. The molecule has 0 aliphatic carbocycles. The normalized spacial score (nSPS) is 14.8. The lowest BCUT2D eigenvalue weighted by atomic mass is 10.1. The van der Waals surface area contributed by atoms with Crippen LogP contribution in [0.1, 0.15) is 18.4 Å². The van der Waals surface area contributed by atoms with E-state index in [1.165, 1.54) is 12.8 Å². The summed E-state index contributed by atoms with van der Waals surface area (Å²) in [7, 11) is 0. The number of carboxylic acids is 1. The van der Waals surface area contributed by atoms with Gasteiger partial charge in [-0.15, -0.1) is 0 Å². The van der Waals surface area contributed by atoms with E-state index in [4.69, 9.17) is 9.84 Å². The number of carbonyl (C=O) groups is 1. The van der Waals surface area contributed by atoms with Gasteiger partial charge in [-0.05, 0) is 56.3 Å². The molecular weight excluding hydrogens is 292 g/mol. The first kappa shape index (κ1) is 15.5. The van der Waals surface area contributed by atoms with Gasteiger partial charge in [-0.25, -0.2) is 4.79 Å². The minimum Gasteiger partial charge on any atom is -0.482 e. The van der Waals surface area contributed by atoms with Gasteiger partial charge < -0.3 is 9.84 Å². The molecule has 5 nitrogen and oxygen atoms in total. The second-order valence-electron chi connectivity index (χ2n) is 5.70. The highest BCUT2D eigenvalue weighted by Gasteiger charge is 2.16. The fourth-order valence-corrected chi connectivity index (χ4v) is 2.86. The third-order valence-electron chi connectivity index (χ3n) is 3.96. The fraction of sp³-hybridized carbons (Fsp3) is 0.333. The van der Waals surface area contributed by atoms with Gasteiger partial charge in [-0.3, -0.25) is 9.88 Å². The van der Waals surface area contributed by atoms with Crippen molar-refractivity contribution >= 4 is 5.97 Å². The average molecular weight is 312 g/mol. The maximum absolute atomic E-state index is 10.8. The van der Waals surface area contributed by atoms with E-state index in [9.17, 15) is 4.79 Å². The smallest absolute Gasteiger partial charge is 0.341 e. The highest BCUT2D eigenvalue weighted by Crippen LogP contribution is 2.28. The van der Waals surface area contributed by atoms with Crippen LogP contribution in [-0.4, -0.2) is 40.7 Å². The van der Waals surface area contributed by atoms with Crippen LogP contribution in [0, 0.1) is 0 Å². The first-order valence-electron chi connectivity index (χ1n) is 7.83. The molecule has 2 aromatic rings. The predicted octanol–water partition coefficient (Wildman–Crippen LogP) is 2.81. The number of aromatic nitrogens is 1. The van der Waals surface area contributed by atoms with E-state index in [2.05, 4.69) is 16.0 Å². The summed E-state index contributed by atoms with van der Waals surface area (Å²) in [4.78, 5) is 17.5. The van der Waals surface area contributed by atoms with Crippen LogP contribution in [0.3, 0.4) is 0 Å². The van der Waals surface area contributed by atoms with Crippen molar-refractivity contribution in [2.75, 3.05) is 19.7 Å². The molecule has 3 rings (SSSR count). The molecule has 0 saturated carbocycles. The van der Waals surface area contributed by atoms with Crippen molar-refractivity contribution in [1.29, 1.82) is 0 Å². The van der Waals surface area contributed by atoms with Crippen LogP contribution in [0.2, 0.25) is 0 Å². The zero-order chi connectivity index (χ0) is 16.1.